The average Bonchev–Trinajstić information content (AvgIpc) is 3.85. The highest BCUT2D eigenvalue weighted by molar-refractivity contribution is 6.31. The number of nitrogens with zero attached hydrogens (tertiary/aromatic N) is 3. The van der Waals surface area contributed by atoms with Gasteiger partial charge in [0.05, 0.1) is 22.7 Å². The van der Waals surface area contributed by atoms with Crippen molar-refractivity contribution >= 4 is 47.0 Å². The number of carbonyl (C=O) groups is 4. The summed E-state index contributed by atoms with van der Waals surface area (Å²) in [4.78, 5) is 60.4. The lowest BCUT2D eigenvalue weighted by molar-refractivity contribution is -0.164. The molecule has 0 aromatic heterocycles. The summed E-state index contributed by atoms with van der Waals surface area (Å²) in [5, 5.41) is 29.4. The lowest BCUT2D eigenvalue weighted by atomic mass is 9.49. The van der Waals surface area contributed by atoms with Crippen LogP contribution < -0.4 is 20.7 Å². The van der Waals surface area contributed by atoms with Crippen molar-refractivity contribution in [1.82, 2.24) is 20.9 Å². The minimum Gasteiger partial charge on any atom is -0.489 e. The molecule has 63 heavy (non-hydrogen) atoms. The predicted octanol–water partition coefficient (Wildman–Crippen LogP) is 7.72. The van der Waals surface area contributed by atoms with E-state index in [-0.39, 0.29) is 55.3 Å². The molecule has 2 fully saturated rings. The molecule has 0 radical (unpaired) electrons. The first-order chi connectivity index (χ1) is 29.6. The van der Waals surface area contributed by atoms with Crippen LogP contribution in [0.3, 0.4) is 0 Å². The van der Waals surface area contributed by atoms with Gasteiger partial charge in [0, 0.05) is 66.2 Å². The maximum atomic E-state index is 14.2. The van der Waals surface area contributed by atoms with Gasteiger partial charge in [0.1, 0.15) is 30.0 Å². The number of hydrogen-bond acceptors (Lipinski definition) is 8. The third kappa shape index (κ3) is 10.3. The molecule has 4 atom stereocenters. The maximum absolute atomic E-state index is 14.2. The van der Waals surface area contributed by atoms with E-state index < -0.39 is 40.3 Å². The molecule has 12 nitrogen and oxygen atoms in total. The van der Waals surface area contributed by atoms with Gasteiger partial charge in [-0.25, -0.2) is 0 Å². The first-order valence-corrected chi connectivity index (χ1v) is 22.2. The van der Waals surface area contributed by atoms with E-state index in [1.54, 1.807) is 30.3 Å². The van der Waals surface area contributed by atoms with Crippen LogP contribution >= 0.6 is 11.6 Å². The monoisotopic (exact) mass is 876 g/mol. The number of allylic oxidation sites excluding steroid dienone is 2. The van der Waals surface area contributed by atoms with Crippen molar-refractivity contribution in [1.29, 1.82) is 5.26 Å². The lowest BCUT2D eigenvalue weighted by Crippen LogP contribution is -2.74. The average molecular weight is 878 g/mol. The van der Waals surface area contributed by atoms with E-state index in [2.05, 4.69) is 54.7 Å². The number of ether oxygens (including phenoxy) is 1. The van der Waals surface area contributed by atoms with Crippen LogP contribution in [0.15, 0.2) is 77.4 Å². The summed E-state index contributed by atoms with van der Waals surface area (Å²) in [6, 6.07) is 20.1. The Balaban J connectivity index is 0.992. The Morgan fingerprint density at radius 1 is 1.00 bits per heavy atom. The van der Waals surface area contributed by atoms with E-state index in [1.807, 2.05) is 77.2 Å². The first kappa shape index (κ1) is 47.0. The summed E-state index contributed by atoms with van der Waals surface area (Å²) >= 11 is 6.24. The Morgan fingerprint density at radius 2 is 1.67 bits per heavy atom. The Hall–Kier alpha value is -5.51. The molecule has 13 heteroatoms. The van der Waals surface area contributed by atoms with Crippen molar-refractivity contribution in [3.05, 3.63) is 105 Å². The van der Waals surface area contributed by atoms with E-state index in [9.17, 15) is 29.5 Å². The van der Waals surface area contributed by atoms with Gasteiger partial charge in [-0.1, -0.05) is 96.5 Å². The van der Waals surface area contributed by atoms with Crippen molar-refractivity contribution in [3.8, 4) is 11.8 Å². The summed E-state index contributed by atoms with van der Waals surface area (Å²) in [5.41, 5.74) is 4.54. The molecule has 2 heterocycles. The van der Waals surface area contributed by atoms with Crippen molar-refractivity contribution < 1.29 is 29.0 Å². The highest BCUT2D eigenvalue weighted by Gasteiger charge is 2.64. The van der Waals surface area contributed by atoms with E-state index in [1.165, 1.54) is 10.5 Å². The highest BCUT2D eigenvalue weighted by atomic mass is 35.5. The predicted molar refractivity (Wildman–Crippen MR) is 245 cm³/mol. The van der Waals surface area contributed by atoms with Crippen LogP contribution in [-0.4, -0.2) is 76.7 Å². The van der Waals surface area contributed by atoms with Gasteiger partial charge < -0.3 is 30.7 Å². The quantitative estimate of drug-likeness (QED) is 0.128. The van der Waals surface area contributed by atoms with Gasteiger partial charge in [-0.2, -0.15) is 5.26 Å². The molecule has 3 aromatic carbocycles. The molecule has 1 saturated heterocycles. The van der Waals surface area contributed by atoms with Crippen molar-refractivity contribution in [2.75, 3.05) is 6.54 Å². The molecule has 334 valence electrons. The number of benzene rings is 3. The number of aliphatic hydroxyl groups excluding tert-OH is 1. The topological polar surface area (TPSA) is 173 Å². The number of aryl methyl sites for hydroxylation is 1. The number of likely N-dealkylation sites (tertiary alicyclic amines) is 1. The first-order valence-electron chi connectivity index (χ1n) is 21.8. The molecule has 3 aliphatic rings. The number of β-amino-alcohol motifs (C(OH)–C–C–N with tert-alkyl or cyclic N) is 1. The van der Waals surface area contributed by atoms with E-state index >= 15 is 0 Å². The zero-order valence-electron chi connectivity index (χ0n) is 37.8. The molecule has 2 aliphatic heterocycles. The largest absolute Gasteiger partial charge is 0.489 e. The minimum absolute atomic E-state index is 0.00623. The van der Waals surface area contributed by atoms with Gasteiger partial charge in [-0.15, -0.1) is 0 Å². The zero-order valence-corrected chi connectivity index (χ0v) is 38.6. The number of rotatable bonds is 14. The highest BCUT2D eigenvalue weighted by Crippen LogP contribution is 2.55. The Kier molecular flexibility index (Phi) is 13.9. The Labute approximate surface area is 376 Å². The van der Waals surface area contributed by atoms with Gasteiger partial charge in [-0.3, -0.25) is 24.2 Å². The standard InChI is InChI=1S/C50H61ClN6O6/c1-29(32-17-19-33(20-18-32)38-23-24-53-30(38)2)54-44(61)40-25-36(58)28-57(40)45(62)42(48(3,4)5)55-41(59)12-10-11-31-13-15-34(16-14-31)43(60)56-46-49(6,7)47(50(46,8)9)63-37-22-21-35(27-52)39(51)26-37/h13-22,24,26,29,36,40,42,46-47,58H,10-12,23,25,28H2,1-9H3,(H,54,61)(H,55,59)(H,56,60)/t29-,36+,40-,42?,46?,47?/m0/s1. The SMILES string of the molecule is CC1=C(c2ccc([C@H](C)NC(=O)[C@@H]3C[C@@H](O)CN3C(=O)C(NC(=O)CCCc3ccc(C(=O)NC4C(C)(C)C(Oc5ccc(C#N)c(Cl)c5)C4(C)C)cc3)C(C)(C)C)cc2)CC=N1. The third-order valence-electron chi connectivity index (χ3n) is 12.9. The molecule has 0 spiro atoms. The molecule has 1 unspecified atom stereocenters. The number of carbonyl (C=O) groups excluding carboxylic acids is 4. The fourth-order valence-corrected chi connectivity index (χ4v) is 9.84. The molecule has 6 rings (SSSR count). The Morgan fingerprint density at radius 3 is 2.25 bits per heavy atom. The van der Waals surface area contributed by atoms with Crippen LogP contribution in [0.25, 0.3) is 5.57 Å². The summed E-state index contributed by atoms with van der Waals surface area (Å²) in [6.45, 7) is 17.7. The molecule has 0 bridgehead atoms. The number of amides is 4. The van der Waals surface area contributed by atoms with Gasteiger partial charge in [-0.05, 0) is 78.6 Å². The van der Waals surface area contributed by atoms with Gasteiger partial charge in [0.15, 0.2) is 0 Å². The molecular weight excluding hydrogens is 816 g/mol. The summed E-state index contributed by atoms with van der Waals surface area (Å²) < 4.78 is 6.36. The smallest absolute Gasteiger partial charge is 0.251 e. The molecular formula is C50H61ClN6O6. The van der Waals surface area contributed by atoms with Gasteiger partial charge in [0.2, 0.25) is 17.7 Å². The maximum Gasteiger partial charge on any atom is 0.251 e. The Bertz CT molecular complexity index is 2310. The number of aliphatic hydroxyl groups is 1. The van der Waals surface area contributed by atoms with Crippen LogP contribution in [0.5, 0.6) is 5.75 Å². The van der Waals surface area contributed by atoms with E-state index in [0.29, 0.717) is 34.7 Å². The van der Waals surface area contributed by atoms with Gasteiger partial charge >= 0.3 is 0 Å². The summed E-state index contributed by atoms with van der Waals surface area (Å²) in [6.07, 6.45) is 2.95. The third-order valence-corrected chi connectivity index (χ3v) is 13.2. The summed E-state index contributed by atoms with van der Waals surface area (Å²) in [7, 11) is 0. The van der Waals surface area contributed by atoms with Crippen molar-refractivity contribution in [2.45, 2.75) is 131 Å². The van der Waals surface area contributed by atoms with Crippen LogP contribution in [0.1, 0.15) is 127 Å². The van der Waals surface area contributed by atoms with Crippen molar-refractivity contribution in [2.24, 2.45) is 21.2 Å². The molecule has 1 saturated carbocycles. The molecule has 4 amide bonds. The minimum atomic E-state index is -0.923. The number of halogens is 1. The van der Waals surface area contributed by atoms with Crippen molar-refractivity contribution in [3.63, 3.8) is 0 Å². The zero-order chi connectivity index (χ0) is 46.0. The van der Waals surface area contributed by atoms with E-state index in [4.69, 9.17) is 16.3 Å². The lowest BCUT2D eigenvalue weighted by Gasteiger charge is -2.63. The number of nitriles is 1. The second kappa shape index (κ2) is 18.7. The van der Waals surface area contributed by atoms with E-state index in [0.717, 1.165) is 28.8 Å². The number of hydrogen-bond donors (Lipinski definition) is 4. The van der Waals surface area contributed by atoms with Crippen LogP contribution in [0.2, 0.25) is 5.02 Å². The van der Waals surface area contributed by atoms with Gasteiger partial charge in [0.25, 0.3) is 5.91 Å². The molecule has 1 aliphatic carbocycles. The van der Waals surface area contributed by atoms with Crippen LogP contribution in [0, 0.1) is 27.6 Å². The second-order valence-corrected chi connectivity index (χ2v) is 20.0. The summed E-state index contributed by atoms with van der Waals surface area (Å²) in [5.74, 6) is -0.687. The fourth-order valence-electron chi connectivity index (χ4n) is 9.63. The normalized spacial score (nSPS) is 22.1. The molecule has 4 N–H and O–H groups in total. The van der Waals surface area contributed by atoms with Crippen LogP contribution in [0.4, 0.5) is 0 Å². The van der Waals surface area contributed by atoms with Crippen LogP contribution in [-0.2, 0) is 20.8 Å². The second-order valence-electron chi connectivity index (χ2n) is 19.5. The number of nitrogens with one attached hydrogen (secondary N) is 3. The molecule has 3 aromatic rings. The fraction of sp³-hybridized carbons (Fsp3) is 0.480. The number of aliphatic imine (C=N–C) groups is 1.